The van der Waals surface area contributed by atoms with Gasteiger partial charge in [0.1, 0.15) is 0 Å². The molecule has 1 atom stereocenters. The van der Waals surface area contributed by atoms with Gasteiger partial charge in [0.2, 0.25) is 5.89 Å². The molecule has 1 aromatic rings. The molecule has 2 heterocycles. The van der Waals surface area contributed by atoms with Crippen LogP contribution in [0.1, 0.15) is 31.0 Å². The Balaban J connectivity index is 2.18. The van der Waals surface area contributed by atoms with E-state index in [-0.39, 0.29) is 5.41 Å². The Morgan fingerprint density at radius 1 is 1.56 bits per heavy atom. The van der Waals surface area contributed by atoms with Gasteiger partial charge in [-0.15, -0.1) is 0 Å². The van der Waals surface area contributed by atoms with Crippen LogP contribution >= 0.6 is 0 Å². The zero-order chi connectivity index (χ0) is 11.4. The van der Waals surface area contributed by atoms with Crippen LogP contribution in [0, 0.1) is 6.92 Å². The molecule has 0 amide bonds. The average Bonchev–Trinajstić information content (AvgIpc) is 2.75. The fourth-order valence-corrected chi connectivity index (χ4v) is 2.30. The van der Waals surface area contributed by atoms with Crippen molar-refractivity contribution in [2.24, 2.45) is 0 Å². The van der Waals surface area contributed by atoms with Gasteiger partial charge in [-0.3, -0.25) is 0 Å². The number of nitrogens with one attached hydrogen (secondary N) is 1. The van der Waals surface area contributed by atoms with E-state index >= 15 is 0 Å². The molecule has 1 saturated heterocycles. The Morgan fingerprint density at radius 2 is 2.44 bits per heavy atom. The van der Waals surface area contributed by atoms with Crippen molar-refractivity contribution in [3.8, 4) is 0 Å². The van der Waals surface area contributed by atoms with Crippen molar-refractivity contribution in [2.45, 2.75) is 31.6 Å². The van der Waals surface area contributed by atoms with Crippen molar-refractivity contribution < 1.29 is 9.26 Å². The summed E-state index contributed by atoms with van der Waals surface area (Å²) < 4.78 is 10.3. The minimum absolute atomic E-state index is 0.00792. The van der Waals surface area contributed by atoms with E-state index in [4.69, 9.17) is 9.26 Å². The first-order chi connectivity index (χ1) is 7.77. The third-order valence-corrected chi connectivity index (χ3v) is 3.26. The molecule has 0 saturated carbocycles. The third kappa shape index (κ3) is 2.25. The standard InChI is InChI=1S/C11H19N3O2/c1-9-13-10(14-16-9)11(5-7-15-2)4-3-6-12-8-11/h12H,3-8H2,1-2H3. The fraction of sp³-hybridized carbons (Fsp3) is 0.818. The third-order valence-electron chi connectivity index (χ3n) is 3.26. The lowest BCUT2D eigenvalue weighted by Gasteiger charge is -2.34. The maximum Gasteiger partial charge on any atom is 0.223 e. The summed E-state index contributed by atoms with van der Waals surface area (Å²) in [4.78, 5) is 4.39. The second kappa shape index (κ2) is 4.93. The molecule has 0 radical (unpaired) electrons. The summed E-state index contributed by atoms with van der Waals surface area (Å²) in [6.07, 6.45) is 3.19. The molecule has 1 unspecified atom stereocenters. The average molecular weight is 225 g/mol. The molecule has 0 bridgehead atoms. The summed E-state index contributed by atoms with van der Waals surface area (Å²) in [6.45, 7) is 4.55. The first-order valence-corrected chi connectivity index (χ1v) is 5.77. The molecule has 0 spiro atoms. The monoisotopic (exact) mass is 225 g/mol. The number of piperidine rings is 1. The number of hydrogen-bond acceptors (Lipinski definition) is 5. The van der Waals surface area contributed by atoms with Crippen molar-refractivity contribution in [2.75, 3.05) is 26.8 Å². The van der Waals surface area contributed by atoms with Crippen LogP contribution in [-0.4, -0.2) is 36.9 Å². The number of nitrogens with zero attached hydrogens (tertiary/aromatic N) is 2. The highest BCUT2D eigenvalue weighted by Crippen LogP contribution is 2.32. The Kier molecular flexibility index (Phi) is 3.56. The van der Waals surface area contributed by atoms with Crippen molar-refractivity contribution in [3.05, 3.63) is 11.7 Å². The summed E-state index contributed by atoms with van der Waals surface area (Å²) in [7, 11) is 1.73. The minimum Gasteiger partial charge on any atom is -0.385 e. The van der Waals surface area contributed by atoms with E-state index in [0.717, 1.165) is 44.8 Å². The number of rotatable bonds is 4. The highest BCUT2D eigenvalue weighted by molar-refractivity contribution is 5.10. The van der Waals surface area contributed by atoms with E-state index in [9.17, 15) is 0 Å². The molecule has 16 heavy (non-hydrogen) atoms. The van der Waals surface area contributed by atoms with Crippen molar-refractivity contribution >= 4 is 0 Å². The van der Waals surface area contributed by atoms with Crippen LogP contribution in [0.4, 0.5) is 0 Å². The number of methoxy groups -OCH3 is 1. The van der Waals surface area contributed by atoms with Crippen LogP contribution in [0.2, 0.25) is 0 Å². The van der Waals surface area contributed by atoms with Crippen LogP contribution < -0.4 is 5.32 Å². The van der Waals surface area contributed by atoms with Crippen molar-refractivity contribution in [1.82, 2.24) is 15.5 Å². The minimum atomic E-state index is -0.00792. The van der Waals surface area contributed by atoms with Crippen molar-refractivity contribution in [3.63, 3.8) is 0 Å². The topological polar surface area (TPSA) is 60.2 Å². The molecule has 1 fully saturated rings. The van der Waals surface area contributed by atoms with Gasteiger partial charge in [0, 0.05) is 32.6 Å². The molecule has 5 heteroatoms. The van der Waals surface area contributed by atoms with Gasteiger partial charge >= 0.3 is 0 Å². The van der Waals surface area contributed by atoms with Crippen LogP contribution in [0.15, 0.2) is 4.52 Å². The van der Waals surface area contributed by atoms with Gasteiger partial charge in [0.15, 0.2) is 5.82 Å². The lowest BCUT2D eigenvalue weighted by atomic mass is 9.77. The second-order valence-corrected chi connectivity index (χ2v) is 4.44. The zero-order valence-electron chi connectivity index (χ0n) is 9.95. The van der Waals surface area contributed by atoms with Gasteiger partial charge in [-0.2, -0.15) is 4.98 Å². The first-order valence-electron chi connectivity index (χ1n) is 5.77. The maximum atomic E-state index is 5.18. The van der Waals surface area contributed by atoms with Gasteiger partial charge in [-0.25, -0.2) is 0 Å². The second-order valence-electron chi connectivity index (χ2n) is 4.44. The quantitative estimate of drug-likeness (QED) is 0.829. The normalized spacial score (nSPS) is 25.9. The summed E-state index contributed by atoms with van der Waals surface area (Å²) in [5.41, 5.74) is -0.00792. The number of aryl methyl sites for hydroxylation is 1. The largest absolute Gasteiger partial charge is 0.385 e. The Labute approximate surface area is 95.6 Å². The summed E-state index contributed by atoms with van der Waals surface area (Å²) in [5.74, 6) is 1.46. The zero-order valence-corrected chi connectivity index (χ0v) is 9.95. The number of hydrogen-bond donors (Lipinski definition) is 1. The Hall–Kier alpha value is -0.940. The molecule has 0 aliphatic carbocycles. The molecule has 90 valence electrons. The van der Waals surface area contributed by atoms with Gasteiger partial charge in [0.05, 0.1) is 0 Å². The molecule has 1 aliphatic heterocycles. The molecular weight excluding hydrogens is 206 g/mol. The van der Waals surface area contributed by atoms with Crippen LogP contribution in [0.25, 0.3) is 0 Å². The van der Waals surface area contributed by atoms with Gasteiger partial charge in [-0.05, 0) is 25.8 Å². The lowest BCUT2D eigenvalue weighted by molar-refractivity contribution is 0.148. The Bertz CT molecular complexity index is 332. The summed E-state index contributed by atoms with van der Waals surface area (Å²) in [6, 6.07) is 0. The predicted molar refractivity (Wildman–Crippen MR) is 59.3 cm³/mol. The number of aromatic nitrogens is 2. The van der Waals surface area contributed by atoms with E-state index in [0.29, 0.717) is 5.89 Å². The lowest BCUT2D eigenvalue weighted by Crippen LogP contribution is -2.44. The molecular formula is C11H19N3O2. The van der Waals surface area contributed by atoms with E-state index in [1.807, 2.05) is 6.92 Å². The van der Waals surface area contributed by atoms with E-state index < -0.39 is 0 Å². The molecule has 1 aromatic heterocycles. The highest BCUT2D eigenvalue weighted by atomic mass is 16.5. The SMILES string of the molecule is COCCC1(c2noc(C)n2)CCCNC1. The molecule has 2 rings (SSSR count). The van der Waals surface area contributed by atoms with Gasteiger partial charge < -0.3 is 14.6 Å². The number of ether oxygens (including phenoxy) is 1. The predicted octanol–water partition coefficient (Wildman–Crippen LogP) is 1.04. The van der Waals surface area contributed by atoms with Gasteiger partial charge in [-0.1, -0.05) is 5.16 Å². The van der Waals surface area contributed by atoms with E-state index in [2.05, 4.69) is 15.5 Å². The summed E-state index contributed by atoms with van der Waals surface area (Å²) in [5, 5.41) is 7.50. The molecule has 5 nitrogen and oxygen atoms in total. The van der Waals surface area contributed by atoms with Crippen LogP contribution in [0.5, 0.6) is 0 Å². The maximum absolute atomic E-state index is 5.18. The van der Waals surface area contributed by atoms with Crippen LogP contribution in [-0.2, 0) is 10.2 Å². The molecule has 0 aromatic carbocycles. The first kappa shape index (κ1) is 11.5. The summed E-state index contributed by atoms with van der Waals surface area (Å²) >= 11 is 0. The molecule has 1 N–H and O–H groups in total. The smallest absolute Gasteiger partial charge is 0.223 e. The van der Waals surface area contributed by atoms with E-state index in [1.54, 1.807) is 7.11 Å². The van der Waals surface area contributed by atoms with E-state index in [1.165, 1.54) is 0 Å². The fourth-order valence-electron chi connectivity index (χ4n) is 2.30. The van der Waals surface area contributed by atoms with Crippen molar-refractivity contribution in [1.29, 1.82) is 0 Å². The van der Waals surface area contributed by atoms with Gasteiger partial charge in [0.25, 0.3) is 0 Å². The highest BCUT2D eigenvalue weighted by Gasteiger charge is 2.37. The van der Waals surface area contributed by atoms with Crippen LogP contribution in [0.3, 0.4) is 0 Å². The Morgan fingerprint density at radius 3 is 3.00 bits per heavy atom. The molecule has 1 aliphatic rings.